The molecule has 7 nitrogen and oxygen atoms in total. The third-order valence-corrected chi connectivity index (χ3v) is 5.82. The number of amides is 1. The Hall–Kier alpha value is -2.62. The lowest BCUT2D eigenvalue weighted by Crippen LogP contribution is -2.44. The largest absolute Gasteiger partial charge is 0.471 e. The zero-order valence-corrected chi connectivity index (χ0v) is 15.9. The lowest BCUT2D eigenvalue weighted by Gasteiger charge is -2.33. The Labute approximate surface area is 161 Å². The van der Waals surface area contributed by atoms with Crippen LogP contribution in [0.1, 0.15) is 28.9 Å². The first kappa shape index (κ1) is 20.1. The molecular weight excluding hydrogens is 392 g/mol. The van der Waals surface area contributed by atoms with Crippen LogP contribution < -0.4 is 4.74 Å². The molecule has 0 saturated carbocycles. The van der Waals surface area contributed by atoms with Gasteiger partial charge in [0, 0.05) is 12.6 Å². The molecule has 1 saturated heterocycles. The van der Waals surface area contributed by atoms with Gasteiger partial charge >= 0.3 is 5.76 Å². The lowest BCUT2D eigenvalue weighted by atomic mass is 10.1. The van der Waals surface area contributed by atoms with Crippen LogP contribution >= 0.6 is 0 Å². The summed E-state index contributed by atoms with van der Waals surface area (Å²) >= 11 is 0. The number of sulfone groups is 1. The van der Waals surface area contributed by atoms with E-state index in [1.807, 2.05) is 0 Å². The van der Waals surface area contributed by atoms with Gasteiger partial charge < -0.3 is 9.64 Å². The van der Waals surface area contributed by atoms with Gasteiger partial charge in [0.15, 0.2) is 0 Å². The number of carbonyl (C=O) groups is 1. The maximum Gasteiger partial charge on any atom is 0.341 e. The molecule has 0 N–H and O–H groups in total. The second kappa shape index (κ2) is 8.17. The highest BCUT2D eigenvalue weighted by Gasteiger charge is 2.33. The fraction of sp³-hybridized carbons (Fsp3) is 0.389. The number of hydrogen-bond donors (Lipinski definition) is 0. The Bertz CT molecular complexity index is 952. The molecular formula is C18H19F2N3O4S. The Morgan fingerprint density at radius 2 is 1.96 bits per heavy atom. The number of piperidine rings is 1. The highest BCUT2D eigenvalue weighted by atomic mass is 32.2. The molecule has 1 aromatic heterocycles. The summed E-state index contributed by atoms with van der Waals surface area (Å²) in [6, 6.07) is 8.44. The summed E-state index contributed by atoms with van der Waals surface area (Å²) in [5.74, 6) is -3.90. The minimum Gasteiger partial charge on any atom is -0.471 e. The van der Waals surface area contributed by atoms with Crippen molar-refractivity contribution in [3.8, 4) is 5.88 Å². The van der Waals surface area contributed by atoms with Crippen LogP contribution in [0.15, 0.2) is 41.3 Å². The first-order valence-corrected chi connectivity index (χ1v) is 10.2. The van der Waals surface area contributed by atoms with Crippen molar-refractivity contribution in [1.29, 1.82) is 0 Å². The van der Waals surface area contributed by atoms with Crippen LogP contribution in [0, 0.1) is 6.92 Å². The zero-order chi connectivity index (χ0) is 20.3. The number of hydrogen-bond acceptors (Lipinski definition) is 6. The second-order valence-electron chi connectivity index (χ2n) is 6.45. The molecule has 1 aliphatic rings. The van der Waals surface area contributed by atoms with Gasteiger partial charge in [-0.05, 0) is 38.0 Å². The molecule has 0 aliphatic carbocycles. The van der Waals surface area contributed by atoms with Crippen molar-refractivity contribution in [1.82, 2.24) is 15.1 Å². The minimum atomic E-state index is -4.89. The summed E-state index contributed by atoms with van der Waals surface area (Å²) < 4.78 is 55.5. The monoisotopic (exact) mass is 411 g/mol. The number of alkyl halides is 2. The van der Waals surface area contributed by atoms with E-state index in [9.17, 15) is 22.0 Å². The molecule has 1 unspecified atom stereocenters. The third-order valence-electron chi connectivity index (χ3n) is 4.38. The SMILES string of the molecule is Cc1ccc(OC2CCCN(C(=O)c3ccccc3S(=O)(=O)C(F)F)C2)nn1. The van der Waals surface area contributed by atoms with Crippen LogP contribution in [0.5, 0.6) is 5.88 Å². The predicted molar refractivity (Wildman–Crippen MR) is 96.0 cm³/mol. The van der Waals surface area contributed by atoms with Crippen LogP contribution in [0.25, 0.3) is 0 Å². The number of aryl methyl sites for hydroxylation is 1. The second-order valence-corrected chi connectivity index (χ2v) is 8.33. The van der Waals surface area contributed by atoms with Crippen LogP contribution in [0.4, 0.5) is 8.78 Å². The molecule has 0 spiro atoms. The first-order chi connectivity index (χ1) is 13.3. The number of carbonyl (C=O) groups excluding carboxylic acids is 1. The topological polar surface area (TPSA) is 89.5 Å². The molecule has 1 aromatic carbocycles. The van der Waals surface area contributed by atoms with E-state index in [0.717, 1.165) is 11.8 Å². The first-order valence-electron chi connectivity index (χ1n) is 8.66. The summed E-state index contributed by atoms with van der Waals surface area (Å²) in [5, 5.41) is 7.84. The quantitative estimate of drug-likeness (QED) is 0.751. The molecule has 28 heavy (non-hydrogen) atoms. The van der Waals surface area contributed by atoms with Gasteiger partial charge in [0.25, 0.3) is 5.91 Å². The van der Waals surface area contributed by atoms with E-state index >= 15 is 0 Å². The molecule has 2 aromatic rings. The number of ether oxygens (including phenoxy) is 1. The van der Waals surface area contributed by atoms with Gasteiger partial charge in [-0.1, -0.05) is 12.1 Å². The van der Waals surface area contributed by atoms with Crippen molar-refractivity contribution in [2.45, 2.75) is 36.5 Å². The molecule has 150 valence electrons. The highest BCUT2D eigenvalue weighted by Crippen LogP contribution is 2.25. The van der Waals surface area contributed by atoms with Gasteiger partial charge in [-0.15, -0.1) is 5.10 Å². The molecule has 1 fully saturated rings. The van der Waals surface area contributed by atoms with Gasteiger partial charge in [-0.25, -0.2) is 8.42 Å². The number of likely N-dealkylation sites (tertiary alicyclic amines) is 1. The molecule has 2 heterocycles. The fourth-order valence-corrected chi connectivity index (χ4v) is 3.92. The van der Waals surface area contributed by atoms with Gasteiger partial charge in [0.05, 0.1) is 22.7 Å². The van der Waals surface area contributed by atoms with E-state index in [1.54, 1.807) is 19.1 Å². The number of nitrogens with zero attached hydrogens (tertiary/aromatic N) is 3. The van der Waals surface area contributed by atoms with Gasteiger partial charge in [0.1, 0.15) is 6.10 Å². The number of halogens is 2. The van der Waals surface area contributed by atoms with E-state index in [1.165, 1.54) is 23.1 Å². The molecule has 1 aliphatic heterocycles. The van der Waals surface area contributed by atoms with Crippen molar-refractivity contribution in [2.24, 2.45) is 0 Å². The Morgan fingerprint density at radius 1 is 1.21 bits per heavy atom. The van der Waals surface area contributed by atoms with E-state index in [4.69, 9.17) is 4.74 Å². The van der Waals surface area contributed by atoms with E-state index in [2.05, 4.69) is 10.2 Å². The van der Waals surface area contributed by atoms with Crippen LogP contribution in [0.3, 0.4) is 0 Å². The van der Waals surface area contributed by atoms with Crippen molar-refractivity contribution >= 4 is 15.7 Å². The molecule has 1 amide bonds. The predicted octanol–water partition coefficient (Wildman–Crippen LogP) is 2.46. The molecule has 0 radical (unpaired) electrons. The molecule has 3 rings (SSSR count). The zero-order valence-electron chi connectivity index (χ0n) is 15.1. The van der Waals surface area contributed by atoms with Crippen molar-refractivity contribution in [3.63, 3.8) is 0 Å². The van der Waals surface area contributed by atoms with E-state index < -0.39 is 26.4 Å². The number of benzene rings is 1. The molecule has 10 heteroatoms. The Balaban J connectivity index is 1.79. The van der Waals surface area contributed by atoms with Gasteiger partial charge in [-0.3, -0.25) is 4.79 Å². The number of rotatable bonds is 5. The van der Waals surface area contributed by atoms with Crippen LogP contribution in [0.2, 0.25) is 0 Å². The normalized spacial score (nSPS) is 17.6. The lowest BCUT2D eigenvalue weighted by molar-refractivity contribution is 0.0522. The standard InChI is InChI=1S/C18H19F2N3O4S/c1-12-8-9-16(22-21-12)27-13-5-4-10-23(11-13)17(24)14-6-2-3-7-15(14)28(25,26)18(19)20/h2-3,6-9,13,18H,4-5,10-11H2,1H3. The average Bonchev–Trinajstić information content (AvgIpc) is 2.69. The van der Waals surface area contributed by atoms with Crippen molar-refractivity contribution < 1.29 is 26.7 Å². The summed E-state index contributed by atoms with van der Waals surface area (Å²) in [5.41, 5.74) is 0.475. The van der Waals surface area contributed by atoms with Gasteiger partial charge in [-0.2, -0.15) is 13.9 Å². The van der Waals surface area contributed by atoms with Crippen LogP contribution in [-0.4, -0.2) is 54.4 Å². The minimum absolute atomic E-state index is 0.192. The molecule has 0 bridgehead atoms. The summed E-state index contributed by atoms with van der Waals surface area (Å²) in [6.07, 6.45) is 0.948. The maximum atomic E-state index is 13.0. The van der Waals surface area contributed by atoms with Gasteiger partial charge in [0.2, 0.25) is 15.7 Å². The summed E-state index contributed by atoms with van der Waals surface area (Å²) in [6.45, 7) is 2.36. The Morgan fingerprint density at radius 3 is 2.64 bits per heavy atom. The summed E-state index contributed by atoms with van der Waals surface area (Å²) in [4.78, 5) is 13.6. The smallest absolute Gasteiger partial charge is 0.341 e. The fourth-order valence-electron chi connectivity index (χ4n) is 3.00. The number of aromatic nitrogens is 2. The van der Waals surface area contributed by atoms with Crippen LogP contribution in [-0.2, 0) is 9.84 Å². The van der Waals surface area contributed by atoms with E-state index in [-0.39, 0.29) is 18.2 Å². The molecule has 1 atom stereocenters. The van der Waals surface area contributed by atoms with Crippen molar-refractivity contribution in [2.75, 3.05) is 13.1 Å². The average molecular weight is 411 g/mol. The highest BCUT2D eigenvalue weighted by molar-refractivity contribution is 7.91. The maximum absolute atomic E-state index is 13.0. The Kier molecular flexibility index (Phi) is 5.87. The summed E-state index contributed by atoms with van der Waals surface area (Å²) in [7, 11) is -4.89. The van der Waals surface area contributed by atoms with E-state index in [0.29, 0.717) is 25.3 Å². The van der Waals surface area contributed by atoms with Crippen molar-refractivity contribution in [3.05, 3.63) is 47.7 Å². The third kappa shape index (κ3) is 4.27.